The normalized spacial score (nSPS) is 30.0. The van der Waals surface area contributed by atoms with Gasteiger partial charge in [0.2, 0.25) is 0 Å². The molecule has 0 bridgehead atoms. The van der Waals surface area contributed by atoms with Gasteiger partial charge in [-0.25, -0.2) is 0 Å². The topological polar surface area (TPSA) is 29.5 Å². The molecule has 1 aliphatic rings. The van der Waals surface area contributed by atoms with Crippen molar-refractivity contribution in [1.82, 2.24) is 0 Å². The van der Waals surface area contributed by atoms with Crippen molar-refractivity contribution in [3.8, 4) is 0 Å². The van der Waals surface area contributed by atoms with Crippen molar-refractivity contribution in [3.05, 3.63) is 0 Å². The third kappa shape index (κ3) is 3.11. The Hall–Kier alpha value is -0.0800. The molecule has 0 aliphatic carbocycles. The van der Waals surface area contributed by atoms with Crippen molar-refractivity contribution in [2.24, 2.45) is 5.92 Å². The van der Waals surface area contributed by atoms with Gasteiger partial charge in [-0.05, 0) is 12.3 Å². The lowest BCUT2D eigenvalue weighted by molar-refractivity contribution is 0.0166. The lowest BCUT2D eigenvalue weighted by Gasteiger charge is -2.20. The number of hydrogen-bond acceptors (Lipinski definition) is 2. The highest BCUT2D eigenvalue weighted by Crippen LogP contribution is 2.25. The fourth-order valence-corrected chi connectivity index (χ4v) is 1.63. The molecule has 0 aromatic heterocycles. The van der Waals surface area contributed by atoms with Crippen LogP contribution in [0.2, 0.25) is 0 Å². The van der Waals surface area contributed by atoms with Gasteiger partial charge in [0.15, 0.2) is 0 Å². The Kier molecular flexibility index (Phi) is 3.53. The first-order valence-corrected chi connectivity index (χ1v) is 4.92. The number of ether oxygens (including phenoxy) is 1. The summed E-state index contributed by atoms with van der Waals surface area (Å²) < 4.78 is 5.17. The van der Waals surface area contributed by atoms with Crippen LogP contribution >= 0.6 is 0 Å². The maximum atomic E-state index is 9.88. The first-order valence-electron chi connectivity index (χ1n) is 4.92. The molecule has 0 saturated carbocycles. The van der Waals surface area contributed by atoms with Crippen LogP contribution in [-0.4, -0.2) is 23.9 Å². The second-order valence-corrected chi connectivity index (χ2v) is 4.31. The fourth-order valence-electron chi connectivity index (χ4n) is 1.63. The van der Waals surface area contributed by atoms with E-state index in [0.717, 1.165) is 31.8 Å². The molecule has 1 atom stereocenters. The molecule has 1 rings (SSSR count). The summed E-state index contributed by atoms with van der Waals surface area (Å²) in [6.07, 6.45) is 4.07. The zero-order valence-corrected chi connectivity index (χ0v) is 8.18. The SMILES string of the molecule is CC(C)CCCC1(O)CCOC1. The first-order chi connectivity index (χ1) is 5.62. The summed E-state index contributed by atoms with van der Waals surface area (Å²) in [6.45, 7) is 5.72. The van der Waals surface area contributed by atoms with Gasteiger partial charge in [0.05, 0.1) is 12.2 Å². The fraction of sp³-hybridized carbons (Fsp3) is 1.00. The Balaban J connectivity index is 2.13. The average Bonchev–Trinajstić information content (AvgIpc) is 2.35. The van der Waals surface area contributed by atoms with Crippen LogP contribution in [-0.2, 0) is 4.74 Å². The highest BCUT2D eigenvalue weighted by atomic mass is 16.5. The zero-order valence-electron chi connectivity index (χ0n) is 8.18. The Morgan fingerprint density at radius 3 is 2.75 bits per heavy atom. The predicted octanol–water partition coefficient (Wildman–Crippen LogP) is 1.96. The van der Waals surface area contributed by atoms with E-state index in [4.69, 9.17) is 4.74 Å². The minimum absolute atomic E-state index is 0.491. The van der Waals surface area contributed by atoms with E-state index in [-0.39, 0.29) is 0 Å². The van der Waals surface area contributed by atoms with Crippen molar-refractivity contribution in [1.29, 1.82) is 0 Å². The van der Waals surface area contributed by atoms with Crippen molar-refractivity contribution < 1.29 is 9.84 Å². The van der Waals surface area contributed by atoms with E-state index >= 15 is 0 Å². The standard InChI is InChI=1S/C10H20O2/c1-9(2)4-3-5-10(11)6-7-12-8-10/h9,11H,3-8H2,1-2H3. The third-order valence-electron chi connectivity index (χ3n) is 2.51. The monoisotopic (exact) mass is 172 g/mol. The molecule has 0 radical (unpaired) electrons. The van der Waals surface area contributed by atoms with Crippen molar-refractivity contribution in [3.63, 3.8) is 0 Å². The highest BCUT2D eigenvalue weighted by molar-refractivity contribution is 4.82. The molecule has 1 N–H and O–H groups in total. The number of aliphatic hydroxyl groups is 1. The molecule has 0 amide bonds. The van der Waals surface area contributed by atoms with Crippen molar-refractivity contribution >= 4 is 0 Å². The summed E-state index contributed by atoms with van der Waals surface area (Å²) in [5, 5.41) is 9.88. The summed E-state index contributed by atoms with van der Waals surface area (Å²) in [4.78, 5) is 0. The Labute approximate surface area is 74.9 Å². The van der Waals surface area contributed by atoms with Gasteiger partial charge in [0.1, 0.15) is 0 Å². The molecule has 2 heteroatoms. The van der Waals surface area contributed by atoms with Crippen LogP contribution in [0.15, 0.2) is 0 Å². The summed E-state index contributed by atoms with van der Waals surface area (Å²) in [5.74, 6) is 0.746. The van der Waals surface area contributed by atoms with Crippen molar-refractivity contribution in [2.45, 2.75) is 45.1 Å². The molecule has 0 spiro atoms. The van der Waals surface area contributed by atoms with Gasteiger partial charge in [-0.1, -0.05) is 26.7 Å². The van der Waals surface area contributed by atoms with E-state index in [1.807, 2.05) is 0 Å². The number of hydrogen-bond donors (Lipinski definition) is 1. The third-order valence-corrected chi connectivity index (χ3v) is 2.51. The molecule has 1 heterocycles. The maximum absolute atomic E-state index is 9.88. The van der Waals surface area contributed by atoms with Crippen LogP contribution in [0.3, 0.4) is 0 Å². The van der Waals surface area contributed by atoms with Gasteiger partial charge in [0.25, 0.3) is 0 Å². The predicted molar refractivity (Wildman–Crippen MR) is 49.1 cm³/mol. The van der Waals surface area contributed by atoms with E-state index in [2.05, 4.69) is 13.8 Å². The Morgan fingerprint density at radius 1 is 1.50 bits per heavy atom. The average molecular weight is 172 g/mol. The van der Waals surface area contributed by atoms with E-state index in [1.54, 1.807) is 0 Å². The molecule has 1 fully saturated rings. The van der Waals surface area contributed by atoms with Gasteiger partial charge in [-0.15, -0.1) is 0 Å². The molecule has 12 heavy (non-hydrogen) atoms. The molecular weight excluding hydrogens is 152 g/mol. The molecule has 2 nitrogen and oxygen atoms in total. The Morgan fingerprint density at radius 2 is 2.25 bits per heavy atom. The van der Waals surface area contributed by atoms with E-state index in [0.29, 0.717) is 6.61 Å². The van der Waals surface area contributed by atoms with Gasteiger partial charge >= 0.3 is 0 Å². The largest absolute Gasteiger partial charge is 0.387 e. The van der Waals surface area contributed by atoms with Gasteiger partial charge in [-0.3, -0.25) is 0 Å². The molecule has 1 saturated heterocycles. The van der Waals surface area contributed by atoms with Gasteiger partial charge < -0.3 is 9.84 Å². The minimum atomic E-state index is -0.491. The second-order valence-electron chi connectivity index (χ2n) is 4.31. The van der Waals surface area contributed by atoms with Gasteiger partial charge in [0, 0.05) is 13.0 Å². The molecule has 72 valence electrons. The summed E-state index contributed by atoms with van der Waals surface area (Å²) >= 11 is 0. The molecule has 1 unspecified atom stereocenters. The quantitative estimate of drug-likeness (QED) is 0.702. The number of rotatable bonds is 4. The maximum Gasteiger partial charge on any atom is 0.0902 e. The lowest BCUT2D eigenvalue weighted by Crippen LogP contribution is -2.28. The summed E-state index contributed by atoms with van der Waals surface area (Å²) in [7, 11) is 0. The smallest absolute Gasteiger partial charge is 0.0902 e. The van der Waals surface area contributed by atoms with E-state index in [9.17, 15) is 5.11 Å². The molecule has 0 aromatic rings. The van der Waals surface area contributed by atoms with Crippen LogP contribution in [0.5, 0.6) is 0 Å². The second kappa shape index (κ2) is 4.24. The Bertz CT molecular complexity index is 126. The van der Waals surface area contributed by atoms with Crippen LogP contribution in [0.4, 0.5) is 0 Å². The van der Waals surface area contributed by atoms with Crippen LogP contribution < -0.4 is 0 Å². The van der Waals surface area contributed by atoms with Crippen LogP contribution in [0.25, 0.3) is 0 Å². The van der Waals surface area contributed by atoms with Crippen LogP contribution in [0.1, 0.15) is 39.5 Å². The van der Waals surface area contributed by atoms with Gasteiger partial charge in [-0.2, -0.15) is 0 Å². The lowest BCUT2D eigenvalue weighted by atomic mass is 9.94. The summed E-state index contributed by atoms with van der Waals surface area (Å²) in [6, 6.07) is 0. The summed E-state index contributed by atoms with van der Waals surface area (Å²) in [5.41, 5.74) is -0.491. The zero-order chi connectivity index (χ0) is 9.03. The van der Waals surface area contributed by atoms with E-state index in [1.165, 1.54) is 6.42 Å². The first kappa shape index (κ1) is 10.0. The molecular formula is C10H20O2. The molecule has 0 aromatic carbocycles. The minimum Gasteiger partial charge on any atom is -0.387 e. The highest BCUT2D eigenvalue weighted by Gasteiger charge is 2.31. The van der Waals surface area contributed by atoms with E-state index < -0.39 is 5.60 Å². The van der Waals surface area contributed by atoms with Crippen LogP contribution in [0, 0.1) is 5.92 Å². The van der Waals surface area contributed by atoms with Crippen molar-refractivity contribution in [2.75, 3.05) is 13.2 Å². The molecule has 1 aliphatic heterocycles.